The van der Waals surface area contributed by atoms with Crippen LogP contribution in [0.15, 0.2) is 55.0 Å². The van der Waals surface area contributed by atoms with Crippen molar-refractivity contribution in [2.75, 3.05) is 7.11 Å². The molecule has 0 N–H and O–H groups in total. The molecule has 194 valence electrons. The molecule has 0 radical (unpaired) electrons. The quantitative estimate of drug-likeness (QED) is 0.289. The summed E-state index contributed by atoms with van der Waals surface area (Å²) in [5, 5.41) is 4.84. The molecule has 1 aliphatic carbocycles. The monoisotopic (exact) mass is 519 g/mol. The highest BCUT2D eigenvalue weighted by atomic mass is 19.4. The van der Waals surface area contributed by atoms with Crippen LogP contribution in [0.3, 0.4) is 0 Å². The van der Waals surface area contributed by atoms with Crippen molar-refractivity contribution in [2.24, 2.45) is 7.05 Å². The van der Waals surface area contributed by atoms with Gasteiger partial charge in [-0.3, -0.25) is 0 Å². The number of aromatic nitrogens is 7. The molecule has 38 heavy (non-hydrogen) atoms. The number of ether oxygens (including phenoxy) is 1. The first-order valence-electron chi connectivity index (χ1n) is 12.2. The van der Waals surface area contributed by atoms with Crippen LogP contribution in [0.2, 0.25) is 0 Å². The highest BCUT2D eigenvalue weighted by Gasteiger charge is 2.35. The van der Waals surface area contributed by atoms with Gasteiger partial charge in [0.1, 0.15) is 17.7 Å². The molecule has 1 atom stereocenters. The van der Waals surface area contributed by atoms with E-state index in [1.807, 2.05) is 34.8 Å². The number of rotatable bonds is 6. The van der Waals surface area contributed by atoms with Crippen LogP contribution < -0.4 is 4.74 Å². The Morgan fingerprint density at radius 2 is 1.79 bits per heavy atom. The third-order valence-corrected chi connectivity index (χ3v) is 6.89. The highest BCUT2D eigenvalue weighted by Crippen LogP contribution is 2.45. The minimum Gasteiger partial charge on any atom is -0.480 e. The molecule has 11 heteroatoms. The lowest BCUT2D eigenvalue weighted by molar-refractivity contribution is -0.140. The molecule has 0 saturated heterocycles. The van der Waals surface area contributed by atoms with E-state index in [2.05, 4.69) is 21.9 Å². The molecule has 4 heterocycles. The number of fused-ring (bicyclic) bond motifs is 1. The number of benzene rings is 1. The Bertz CT molecular complexity index is 1640. The predicted octanol–water partition coefficient (Wildman–Crippen LogP) is 5.64. The van der Waals surface area contributed by atoms with E-state index < -0.39 is 11.9 Å². The first-order valence-corrected chi connectivity index (χ1v) is 12.2. The Labute approximate surface area is 216 Å². The van der Waals surface area contributed by atoms with Gasteiger partial charge in [0.25, 0.3) is 0 Å². The van der Waals surface area contributed by atoms with E-state index in [-0.39, 0.29) is 11.7 Å². The van der Waals surface area contributed by atoms with Gasteiger partial charge in [-0.25, -0.2) is 24.5 Å². The second-order valence-electron chi connectivity index (χ2n) is 9.48. The number of hydrogen-bond acceptors (Lipinski definition) is 6. The van der Waals surface area contributed by atoms with Crippen LogP contribution in [0.5, 0.6) is 5.88 Å². The van der Waals surface area contributed by atoms with Gasteiger partial charge in [-0.05, 0) is 30.5 Å². The number of methoxy groups -OCH3 is 1. The molecule has 4 aromatic heterocycles. The van der Waals surface area contributed by atoms with Gasteiger partial charge in [0.05, 0.1) is 18.5 Å². The summed E-state index contributed by atoms with van der Waals surface area (Å²) in [5.41, 5.74) is 3.88. The van der Waals surface area contributed by atoms with Crippen LogP contribution in [0.4, 0.5) is 13.2 Å². The SMILES string of the molecule is COc1ncnc(C2CC2)c1-c1nc2cccc(C(C)c3ccc(-c4nc(C(F)(F)F)cn4C)cc3)n2n1. The summed E-state index contributed by atoms with van der Waals surface area (Å²) in [4.78, 5) is 17.4. The standard InChI is InChI=1S/C27H24F3N7O/c1-15(16-7-11-18(12-8-16)25-33-20(13-36(25)2)27(28,29)30)19-5-4-6-21-34-24(35-37(19)21)22-23(17-9-10-17)31-14-32-26(22)38-3/h4-8,11-15,17H,9-10H2,1-3H3. The Morgan fingerprint density at radius 1 is 1.03 bits per heavy atom. The van der Waals surface area contributed by atoms with Gasteiger partial charge in [-0.2, -0.15) is 13.2 Å². The molecule has 0 bridgehead atoms. The smallest absolute Gasteiger partial charge is 0.434 e. The maximum atomic E-state index is 13.1. The molecular weight excluding hydrogens is 495 g/mol. The van der Waals surface area contributed by atoms with Crippen molar-refractivity contribution in [3.63, 3.8) is 0 Å². The van der Waals surface area contributed by atoms with Crippen LogP contribution in [0, 0.1) is 0 Å². The Morgan fingerprint density at radius 3 is 2.45 bits per heavy atom. The minimum absolute atomic E-state index is 0.0776. The van der Waals surface area contributed by atoms with E-state index >= 15 is 0 Å². The Hall–Kier alpha value is -4.28. The molecule has 1 aromatic carbocycles. The van der Waals surface area contributed by atoms with Crippen LogP contribution in [-0.2, 0) is 13.2 Å². The van der Waals surface area contributed by atoms with Gasteiger partial charge in [-0.15, -0.1) is 5.10 Å². The molecule has 1 saturated carbocycles. The van der Waals surface area contributed by atoms with E-state index in [1.54, 1.807) is 26.3 Å². The summed E-state index contributed by atoms with van der Waals surface area (Å²) in [7, 11) is 3.13. The summed E-state index contributed by atoms with van der Waals surface area (Å²) in [5.74, 6) is 1.49. The van der Waals surface area contributed by atoms with Crippen LogP contribution in [-0.4, -0.2) is 41.2 Å². The lowest BCUT2D eigenvalue weighted by Gasteiger charge is -2.14. The molecule has 0 aliphatic heterocycles. The molecule has 1 unspecified atom stereocenters. The first-order chi connectivity index (χ1) is 18.2. The lowest BCUT2D eigenvalue weighted by atomic mass is 9.96. The number of alkyl halides is 3. The Balaban J connectivity index is 1.35. The fraction of sp³-hybridized carbons (Fsp3) is 0.296. The molecule has 0 spiro atoms. The van der Waals surface area contributed by atoms with Crippen molar-refractivity contribution in [1.82, 2.24) is 34.1 Å². The van der Waals surface area contributed by atoms with Gasteiger partial charge in [0.2, 0.25) is 5.88 Å². The van der Waals surface area contributed by atoms with Crippen molar-refractivity contribution in [3.8, 4) is 28.7 Å². The van der Waals surface area contributed by atoms with Crippen molar-refractivity contribution < 1.29 is 17.9 Å². The molecule has 5 aromatic rings. The largest absolute Gasteiger partial charge is 0.480 e. The number of halogens is 3. The maximum Gasteiger partial charge on any atom is 0.434 e. The topological polar surface area (TPSA) is 83.0 Å². The molecule has 0 amide bonds. The van der Waals surface area contributed by atoms with Crippen LogP contribution in [0.1, 0.15) is 54.2 Å². The summed E-state index contributed by atoms with van der Waals surface area (Å²) < 4.78 is 48.0. The van der Waals surface area contributed by atoms with Gasteiger partial charge in [-0.1, -0.05) is 37.3 Å². The normalized spacial score (nSPS) is 14.7. The first kappa shape index (κ1) is 24.1. The van der Waals surface area contributed by atoms with E-state index in [1.165, 1.54) is 10.9 Å². The molecule has 8 nitrogen and oxygen atoms in total. The fourth-order valence-electron chi connectivity index (χ4n) is 4.74. The number of nitrogens with zero attached hydrogens (tertiary/aromatic N) is 7. The average Bonchev–Trinajstić information content (AvgIpc) is 3.54. The highest BCUT2D eigenvalue weighted by molar-refractivity contribution is 5.67. The van der Waals surface area contributed by atoms with Crippen molar-refractivity contribution >= 4 is 5.65 Å². The number of hydrogen-bond donors (Lipinski definition) is 0. The summed E-state index contributed by atoms with van der Waals surface area (Å²) in [6.45, 7) is 2.05. The van der Waals surface area contributed by atoms with Gasteiger partial charge >= 0.3 is 6.18 Å². The molecule has 1 aliphatic rings. The molecule has 6 rings (SSSR count). The second kappa shape index (κ2) is 8.93. The van der Waals surface area contributed by atoms with E-state index in [9.17, 15) is 13.2 Å². The average molecular weight is 520 g/mol. The van der Waals surface area contributed by atoms with E-state index in [4.69, 9.17) is 14.8 Å². The third kappa shape index (κ3) is 4.17. The fourth-order valence-corrected chi connectivity index (χ4v) is 4.74. The Kier molecular flexibility index (Phi) is 5.66. The second-order valence-corrected chi connectivity index (χ2v) is 9.48. The predicted molar refractivity (Wildman–Crippen MR) is 134 cm³/mol. The van der Waals surface area contributed by atoms with Crippen molar-refractivity contribution in [1.29, 1.82) is 0 Å². The minimum atomic E-state index is -4.49. The summed E-state index contributed by atoms with van der Waals surface area (Å²) in [6.07, 6.45) is 0.145. The number of aryl methyl sites for hydroxylation is 1. The van der Waals surface area contributed by atoms with Crippen molar-refractivity contribution in [2.45, 2.75) is 37.8 Å². The molecule has 1 fully saturated rings. The van der Waals surface area contributed by atoms with Crippen LogP contribution in [0.25, 0.3) is 28.4 Å². The van der Waals surface area contributed by atoms with Gasteiger partial charge in [0, 0.05) is 30.6 Å². The van der Waals surface area contributed by atoms with E-state index in [0.29, 0.717) is 28.8 Å². The summed E-state index contributed by atoms with van der Waals surface area (Å²) in [6, 6.07) is 13.2. The lowest BCUT2D eigenvalue weighted by Crippen LogP contribution is -2.05. The zero-order chi connectivity index (χ0) is 26.6. The van der Waals surface area contributed by atoms with Gasteiger partial charge < -0.3 is 9.30 Å². The van der Waals surface area contributed by atoms with E-state index in [0.717, 1.165) is 41.6 Å². The molecular formula is C27H24F3N7O. The number of imidazole rings is 1. The zero-order valence-corrected chi connectivity index (χ0v) is 20.9. The number of pyridine rings is 1. The summed E-state index contributed by atoms with van der Waals surface area (Å²) >= 11 is 0. The third-order valence-electron chi connectivity index (χ3n) is 6.89. The van der Waals surface area contributed by atoms with Gasteiger partial charge in [0.15, 0.2) is 17.2 Å². The van der Waals surface area contributed by atoms with Crippen LogP contribution >= 0.6 is 0 Å². The maximum absolute atomic E-state index is 13.1. The zero-order valence-electron chi connectivity index (χ0n) is 20.9. The van der Waals surface area contributed by atoms with Crippen molar-refractivity contribution in [3.05, 3.63) is 77.6 Å².